The van der Waals surface area contributed by atoms with Gasteiger partial charge in [0.25, 0.3) is 0 Å². The number of aliphatic hydroxyl groups excluding tert-OH is 2. The fraction of sp³-hybridized carbons (Fsp3) is 0.674. The van der Waals surface area contributed by atoms with Crippen molar-refractivity contribution in [1.82, 2.24) is 30.2 Å². The van der Waals surface area contributed by atoms with Crippen LogP contribution in [0.3, 0.4) is 0 Å². The van der Waals surface area contributed by atoms with Crippen LogP contribution in [0.2, 0.25) is 0 Å². The Balaban J connectivity index is 1.06. The minimum absolute atomic E-state index is 0.0312. The molecule has 1 fully saturated rings. The van der Waals surface area contributed by atoms with Crippen molar-refractivity contribution in [2.45, 2.75) is 149 Å². The summed E-state index contributed by atoms with van der Waals surface area (Å²) in [6.07, 6.45) is 9.47. The molecule has 0 saturated carbocycles. The van der Waals surface area contributed by atoms with Crippen molar-refractivity contribution in [3.05, 3.63) is 41.4 Å². The number of aliphatic hydroxyl groups is 2. The van der Waals surface area contributed by atoms with Crippen molar-refractivity contribution >= 4 is 75.2 Å². The molecular weight excluding hydrogens is 1030 g/mol. The maximum Gasteiger partial charge on any atom is 0.481 e. The molecule has 1 aliphatic heterocycles. The number of phosphoric ester groups is 3. The van der Waals surface area contributed by atoms with Gasteiger partial charge in [-0.15, -0.1) is 0 Å². The number of phosphoric acid groups is 3. The van der Waals surface area contributed by atoms with E-state index in [2.05, 4.69) is 67.3 Å². The number of unbranched alkanes of at least 4 members (excludes halogenated alkanes) is 8. The minimum atomic E-state index is -5.58. The fourth-order valence-corrected chi connectivity index (χ4v) is 11.0. The first-order valence-corrected chi connectivity index (χ1v) is 29.2. The van der Waals surface area contributed by atoms with Crippen LogP contribution in [0.25, 0.3) is 17.2 Å². The molecule has 406 valence electrons. The topological polar surface area (TPSA) is 377 Å². The first-order valence-electron chi connectivity index (χ1n) is 23.6. The molecule has 0 aliphatic carbocycles. The largest absolute Gasteiger partial charge is 0.481 e. The van der Waals surface area contributed by atoms with E-state index in [1.807, 2.05) is 0 Å². The van der Waals surface area contributed by atoms with E-state index in [4.69, 9.17) is 23.9 Å². The maximum atomic E-state index is 12.8. The Kier molecular flexibility index (Phi) is 24.2. The van der Waals surface area contributed by atoms with E-state index in [9.17, 15) is 57.9 Å². The molecule has 25 nitrogen and oxygen atoms in total. The Morgan fingerprint density at radius 1 is 0.931 bits per heavy atom. The van der Waals surface area contributed by atoms with Crippen LogP contribution in [-0.2, 0) is 57.1 Å². The highest BCUT2D eigenvalue weighted by molar-refractivity contribution is 8.13. The summed E-state index contributed by atoms with van der Waals surface area (Å²) in [5, 5.41) is 26.7. The molecule has 10 N–H and O–H groups in total. The smallest absolute Gasteiger partial charge is 0.461 e. The van der Waals surface area contributed by atoms with Crippen LogP contribution in [0.5, 0.6) is 0 Å². The van der Waals surface area contributed by atoms with Crippen molar-refractivity contribution in [1.29, 1.82) is 0 Å². The number of rotatable bonds is 33. The molecule has 4 heterocycles. The van der Waals surface area contributed by atoms with E-state index in [1.54, 1.807) is 0 Å². The summed E-state index contributed by atoms with van der Waals surface area (Å²) < 4.78 is 68.6. The summed E-state index contributed by atoms with van der Waals surface area (Å²) in [4.78, 5) is 88.6. The molecular formula is C43H70N7O18P3S. The predicted molar refractivity (Wildman–Crippen MR) is 264 cm³/mol. The summed E-state index contributed by atoms with van der Waals surface area (Å²) in [6.45, 7) is 6.94. The molecule has 29 heteroatoms. The summed E-state index contributed by atoms with van der Waals surface area (Å²) in [5.41, 5.74) is 6.76. The van der Waals surface area contributed by atoms with Crippen LogP contribution in [-0.4, -0.2) is 123 Å². The van der Waals surface area contributed by atoms with E-state index < -0.39 is 84.6 Å². The van der Waals surface area contributed by atoms with Gasteiger partial charge in [0.15, 0.2) is 22.8 Å². The third kappa shape index (κ3) is 19.7. The SMILES string of the molecule is CCC/C=C/c1oc(CCCCCCCCCCC(=O)SCCNC(=O)CCNC(=O)C(O)C(C)(C)COP(=O)(O)OP(=O)(O)OCC2OC(n3cnc4c(N)ncnc43)C(O)C2OP(=O)(O)O)c(C)c1C. The Hall–Kier alpha value is -3.42. The number of thioether (sulfide) groups is 1. The number of nitrogens with one attached hydrogen (secondary N) is 2. The zero-order valence-electron chi connectivity index (χ0n) is 41.1. The molecule has 72 heavy (non-hydrogen) atoms. The number of furan rings is 1. The number of fused-ring (bicyclic) bond motifs is 1. The quantitative estimate of drug-likeness (QED) is 0.0271. The van der Waals surface area contributed by atoms with E-state index in [0.29, 0.717) is 12.2 Å². The number of nitrogen functional groups attached to an aromatic ring is 1. The van der Waals surface area contributed by atoms with Gasteiger partial charge < -0.3 is 55.3 Å². The number of carbonyl (C=O) groups is 3. The highest BCUT2D eigenvalue weighted by atomic mass is 32.2. The van der Waals surface area contributed by atoms with Gasteiger partial charge >= 0.3 is 23.5 Å². The van der Waals surface area contributed by atoms with E-state index in [0.717, 1.165) is 105 Å². The monoisotopic (exact) mass is 1100 g/mol. The number of aromatic nitrogens is 4. The van der Waals surface area contributed by atoms with Gasteiger partial charge in [-0.2, -0.15) is 4.31 Å². The molecule has 3 aromatic rings. The zero-order valence-corrected chi connectivity index (χ0v) is 44.6. The van der Waals surface area contributed by atoms with Crippen LogP contribution in [0.15, 0.2) is 23.1 Å². The zero-order chi connectivity index (χ0) is 53.3. The van der Waals surface area contributed by atoms with E-state index in [1.165, 1.54) is 31.4 Å². The number of allylic oxidation sites excluding steroid dienone is 1. The standard InChI is InChI=1S/C43H70N7O18P3S/c1-6-7-14-17-30-28(2)29(3)31(65-30)18-15-12-10-8-9-11-13-16-19-34(52)72-23-22-45-33(51)20-21-46-41(55)38(54)43(4,5)25-64-71(61,62)68-70(59,60)63-24-32-37(67-69(56,57)58)36(53)42(66-32)50-27-49-35-39(44)47-26-48-40(35)50/h14,17,26-27,32,36-38,42,53-54H,6-13,15-16,18-25H2,1-5H3,(H,45,51)(H,46,55)(H,59,60)(H,61,62)(H2,44,47,48)(H2,56,57,58)/b17-14+. The molecule has 7 unspecified atom stereocenters. The number of carbonyl (C=O) groups excluding carboxylic acids is 3. The van der Waals surface area contributed by atoms with Crippen molar-refractivity contribution in [3.8, 4) is 0 Å². The Morgan fingerprint density at radius 2 is 1.60 bits per heavy atom. The van der Waals surface area contributed by atoms with Gasteiger partial charge in [-0.25, -0.2) is 28.6 Å². The van der Waals surface area contributed by atoms with Gasteiger partial charge in [-0.1, -0.05) is 83.6 Å². The number of hydrogen-bond donors (Lipinski definition) is 9. The average molecular weight is 1100 g/mol. The Morgan fingerprint density at radius 3 is 2.28 bits per heavy atom. The first kappa shape index (κ1) is 61.1. The number of anilines is 1. The molecule has 7 atom stereocenters. The van der Waals surface area contributed by atoms with Gasteiger partial charge in [0, 0.05) is 43.5 Å². The van der Waals surface area contributed by atoms with E-state index in [-0.39, 0.29) is 41.6 Å². The normalized spacial score (nSPS) is 19.7. The third-order valence-electron chi connectivity index (χ3n) is 11.6. The minimum Gasteiger partial charge on any atom is -0.461 e. The molecule has 4 rings (SSSR count). The second kappa shape index (κ2) is 28.5. The predicted octanol–water partition coefficient (Wildman–Crippen LogP) is 5.44. The Bertz CT molecular complexity index is 2430. The Labute approximate surface area is 422 Å². The molecule has 1 saturated heterocycles. The molecule has 3 aromatic heterocycles. The number of nitrogens with zero attached hydrogens (tertiary/aromatic N) is 4. The van der Waals surface area contributed by atoms with Crippen LogP contribution in [0.1, 0.15) is 127 Å². The fourth-order valence-electron chi connectivity index (χ4n) is 7.42. The lowest BCUT2D eigenvalue weighted by molar-refractivity contribution is -0.137. The lowest BCUT2D eigenvalue weighted by atomic mass is 9.87. The molecule has 1 aliphatic rings. The van der Waals surface area contributed by atoms with Crippen molar-refractivity contribution < 1.29 is 84.9 Å². The molecule has 0 aromatic carbocycles. The lowest BCUT2D eigenvalue weighted by Crippen LogP contribution is -2.46. The third-order valence-corrected chi connectivity index (χ3v) is 15.6. The molecule has 0 radical (unpaired) electrons. The van der Waals surface area contributed by atoms with Crippen LogP contribution in [0, 0.1) is 19.3 Å². The first-order chi connectivity index (χ1) is 33.8. The summed E-state index contributed by atoms with van der Waals surface area (Å²) >= 11 is 1.14. The number of imidazole rings is 1. The molecule has 0 spiro atoms. The van der Waals surface area contributed by atoms with Gasteiger partial charge in [-0.05, 0) is 50.3 Å². The van der Waals surface area contributed by atoms with Crippen LogP contribution >= 0.6 is 35.2 Å². The second-order valence-corrected chi connectivity index (χ2v) is 23.3. The van der Waals surface area contributed by atoms with Crippen molar-refractivity contribution in [2.75, 3.05) is 37.8 Å². The maximum absolute atomic E-state index is 12.8. The van der Waals surface area contributed by atoms with Crippen molar-refractivity contribution in [3.63, 3.8) is 0 Å². The summed E-state index contributed by atoms with van der Waals surface area (Å²) in [5.74, 6) is 1.01. The average Bonchev–Trinajstić information content (AvgIpc) is 3.95. The highest BCUT2D eigenvalue weighted by Crippen LogP contribution is 2.61. The van der Waals surface area contributed by atoms with Gasteiger partial charge in [0.1, 0.15) is 47.8 Å². The molecule has 0 bridgehead atoms. The summed E-state index contributed by atoms with van der Waals surface area (Å²) in [6, 6.07) is 0. The van der Waals surface area contributed by atoms with Gasteiger partial charge in [0.05, 0.1) is 19.5 Å². The van der Waals surface area contributed by atoms with Crippen molar-refractivity contribution in [2.24, 2.45) is 5.41 Å². The second-order valence-electron chi connectivity index (χ2n) is 17.9. The van der Waals surface area contributed by atoms with E-state index >= 15 is 0 Å². The molecule has 2 amide bonds. The number of ether oxygens (including phenoxy) is 1. The lowest BCUT2D eigenvalue weighted by Gasteiger charge is -2.30. The highest BCUT2D eigenvalue weighted by Gasteiger charge is 2.50. The summed E-state index contributed by atoms with van der Waals surface area (Å²) in [7, 11) is -16.4. The van der Waals surface area contributed by atoms with Crippen LogP contribution in [0.4, 0.5) is 5.82 Å². The van der Waals surface area contributed by atoms with Gasteiger partial charge in [0.2, 0.25) is 11.8 Å². The number of hydrogen-bond acceptors (Lipinski definition) is 19. The van der Waals surface area contributed by atoms with Gasteiger partial charge in [-0.3, -0.25) is 32.5 Å². The number of aryl methyl sites for hydroxylation is 1. The van der Waals surface area contributed by atoms with Crippen LogP contribution < -0.4 is 16.4 Å². The number of nitrogens with two attached hydrogens (primary N) is 1. The number of amides is 2.